The number of hydrogen-bond acceptors (Lipinski definition) is 5. The Morgan fingerprint density at radius 1 is 1.18 bits per heavy atom. The molecule has 0 saturated heterocycles. The van der Waals surface area contributed by atoms with Gasteiger partial charge in [-0.15, -0.1) is 5.10 Å². The normalized spacial score (nSPS) is 11.4. The van der Waals surface area contributed by atoms with E-state index < -0.39 is 5.97 Å². The van der Waals surface area contributed by atoms with Crippen LogP contribution >= 0.6 is 23.1 Å². The second-order valence-electron chi connectivity index (χ2n) is 6.31. The lowest BCUT2D eigenvalue weighted by Gasteiger charge is -2.07. The number of allylic oxidation sites excluding steroid dienone is 1. The van der Waals surface area contributed by atoms with Crippen molar-refractivity contribution in [1.82, 2.24) is 9.59 Å². The van der Waals surface area contributed by atoms with Gasteiger partial charge in [-0.3, -0.25) is 0 Å². The van der Waals surface area contributed by atoms with E-state index in [1.54, 1.807) is 0 Å². The summed E-state index contributed by atoms with van der Waals surface area (Å²) in [5.41, 5.74) is 3.74. The van der Waals surface area contributed by atoms with E-state index in [0.717, 1.165) is 39.4 Å². The SMILES string of the molecule is C/C(=C\C(=O)O)CCc1ccc(OCc2snnc2-c2ccc(Cl)cc2)cc1. The Morgan fingerprint density at radius 3 is 2.57 bits per heavy atom. The molecule has 1 aromatic heterocycles. The van der Waals surface area contributed by atoms with E-state index in [9.17, 15) is 4.79 Å². The zero-order valence-electron chi connectivity index (χ0n) is 15.3. The highest BCUT2D eigenvalue weighted by Gasteiger charge is 2.11. The largest absolute Gasteiger partial charge is 0.488 e. The van der Waals surface area contributed by atoms with Gasteiger partial charge in [-0.1, -0.05) is 45.9 Å². The average Bonchev–Trinajstić information content (AvgIpc) is 3.14. The van der Waals surface area contributed by atoms with Crippen LogP contribution in [0.3, 0.4) is 0 Å². The molecule has 7 heteroatoms. The van der Waals surface area contributed by atoms with Crippen LogP contribution in [0.4, 0.5) is 0 Å². The van der Waals surface area contributed by atoms with Gasteiger partial charge in [0, 0.05) is 16.7 Å². The van der Waals surface area contributed by atoms with Crippen LogP contribution in [0.5, 0.6) is 5.75 Å². The number of ether oxygens (including phenoxy) is 1. The summed E-state index contributed by atoms with van der Waals surface area (Å²) in [5.74, 6) is -0.145. The number of carboxylic acids is 1. The number of aliphatic carboxylic acids is 1. The Balaban J connectivity index is 1.58. The Morgan fingerprint density at radius 2 is 1.89 bits per heavy atom. The van der Waals surface area contributed by atoms with Crippen molar-refractivity contribution < 1.29 is 14.6 Å². The minimum atomic E-state index is -0.906. The van der Waals surface area contributed by atoms with Crippen LogP contribution in [-0.2, 0) is 17.8 Å². The molecule has 0 aliphatic heterocycles. The first-order valence-corrected chi connectivity index (χ1v) is 9.85. The van der Waals surface area contributed by atoms with E-state index >= 15 is 0 Å². The van der Waals surface area contributed by atoms with Gasteiger partial charge in [-0.05, 0) is 61.1 Å². The van der Waals surface area contributed by atoms with Crippen LogP contribution < -0.4 is 4.74 Å². The monoisotopic (exact) mass is 414 g/mol. The summed E-state index contributed by atoms with van der Waals surface area (Å²) in [6, 6.07) is 15.3. The van der Waals surface area contributed by atoms with Crippen molar-refractivity contribution >= 4 is 29.1 Å². The molecule has 0 radical (unpaired) electrons. The van der Waals surface area contributed by atoms with Crippen LogP contribution in [0.15, 0.2) is 60.2 Å². The molecular weight excluding hydrogens is 396 g/mol. The van der Waals surface area contributed by atoms with Gasteiger partial charge in [0.2, 0.25) is 0 Å². The lowest BCUT2D eigenvalue weighted by Crippen LogP contribution is -1.96. The summed E-state index contributed by atoms with van der Waals surface area (Å²) >= 11 is 7.26. The maximum absolute atomic E-state index is 10.7. The van der Waals surface area contributed by atoms with Gasteiger partial charge < -0.3 is 9.84 Å². The number of halogens is 1. The number of aryl methyl sites for hydroxylation is 1. The zero-order chi connectivity index (χ0) is 19.9. The molecular formula is C21H19ClN2O3S. The molecule has 3 aromatic rings. The first-order valence-electron chi connectivity index (χ1n) is 8.70. The van der Waals surface area contributed by atoms with Crippen molar-refractivity contribution in [3.63, 3.8) is 0 Å². The lowest BCUT2D eigenvalue weighted by atomic mass is 10.1. The first-order chi connectivity index (χ1) is 13.5. The maximum Gasteiger partial charge on any atom is 0.328 e. The molecule has 0 aliphatic carbocycles. The zero-order valence-corrected chi connectivity index (χ0v) is 16.8. The van der Waals surface area contributed by atoms with Gasteiger partial charge in [0.1, 0.15) is 18.1 Å². The Hall–Kier alpha value is -2.70. The second kappa shape index (κ2) is 9.48. The lowest BCUT2D eigenvalue weighted by molar-refractivity contribution is -0.131. The molecule has 5 nitrogen and oxygen atoms in total. The van der Waals surface area contributed by atoms with Gasteiger partial charge in [-0.2, -0.15) is 0 Å². The van der Waals surface area contributed by atoms with E-state index in [4.69, 9.17) is 21.4 Å². The van der Waals surface area contributed by atoms with Gasteiger partial charge in [0.15, 0.2) is 0 Å². The third kappa shape index (κ3) is 5.65. The first kappa shape index (κ1) is 20.0. The van der Waals surface area contributed by atoms with E-state index in [1.165, 1.54) is 17.6 Å². The standard InChI is InChI=1S/C21H19ClN2O3S/c1-14(12-20(25)26)2-3-15-4-10-18(11-5-15)27-13-19-21(23-24-28-19)16-6-8-17(22)9-7-16/h4-12H,2-3,13H2,1H3,(H,25,26)/b14-12+. The summed E-state index contributed by atoms with van der Waals surface area (Å²) in [4.78, 5) is 11.6. The fourth-order valence-corrected chi connectivity index (χ4v) is 3.36. The van der Waals surface area contributed by atoms with E-state index in [-0.39, 0.29) is 0 Å². The molecule has 0 atom stereocenters. The van der Waals surface area contributed by atoms with Gasteiger partial charge in [-0.25, -0.2) is 4.79 Å². The summed E-state index contributed by atoms with van der Waals surface area (Å²) in [7, 11) is 0. The topological polar surface area (TPSA) is 72.3 Å². The van der Waals surface area contributed by atoms with Crippen LogP contribution in [0.2, 0.25) is 5.02 Å². The predicted molar refractivity (Wildman–Crippen MR) is 111 cm³/mol. The van der Waals surface area contributed by atoms with E-state index in [2.05, 4.69) is 9.59 Å². The quantitative estimate of drug-likeness (QED) is 0.499. The number of hydrogen-bond donors (Lipinski definition) is 1. The molecule has 3 rings (SSSR count). The number of benzene rings is 2. The average molecular weight is 415 g/mol. The fourth-order valence-electron chi connectivity index (χ4n) is 2.66. The Labute approximate surface area is 172 Å². The minimum absolute atomic E-state index is 0.384. The molecule has 0 bridgehead atoms. The molecule has 0 fully saturated rings. The van der Waals surface area contributed by atoms with Crippen LogP contribution in [0.1, 0.15) is 23.8 Å². The smallest absolute Gasteiger partial charge is 0.328 e. The van der Waals surface area contributed by atoms with Crippen LogP contribution in [0.25, 0.3) is 11.3 Å². The number of carboxylic acid groups (broad SMARTS) is 1. The molecule has 0 unspecified atom stereocenters. The molecule has 144 valence electrons. The number of carbonyl (C=O) groups is 1. The van der Waals surface area contributed by atoms with Crippen molar-refractivity contribution in [1.29, 1.82) is 0 Å². The van der Waals surface area contributed by atoms with Gasteiger partial charge >= 0.3 is 5.97 Å². The molecule has 2 aromatic carbocycles. The molecule has 28 heavy (non-hydrogen) atoms. The minimum Gasteiger partial charge on any atom is -0.488 e. The van der Waals surface area contributed by atoms with E-state index in [1.807, 2.05) is 55.5 Å². The highest BCUT2D eigenvalue weighted by Crippen LogP contribution is 2.26. The number of rotatable bonds is 8. The second-order valence-corrected chi connectivity index (χ2v) is 7.59. The summed E-state index contributed by atoms with van der Waals surface area (Å²) in [5, 5.41) is 13.6. The maximum atomic E-state index is 10.7. The predicted octanol–water partition coefficient (Wildman–Crippen LogP) is 5.40. The van der Waals surface area contributed by atoms with Crippen molar-refractivity contribution in [2.45, 2.75) is 26.4 Å². The third-order valence-electron chi connectivity index (χ3n) is 4.14. The van der Waals surface area contributed by atoms with Crippen molar-refractivity contribution in [3.05, 3.63) is 75.6 Å². The van der Waals surface area contributed by atoms with Gasteiger partial charge in [0.25, 0.3) is 0 Å². The highest BCUT2D eigenvalue weighted by molar-refractivity contribution is 7.05. The molecule has 0 saturated carbocycles. The summed E-state index contributed by atoms with van der Waals surface area (Å²) < 4.78 is 9.92. The third-order valence-corrected chi connectivity index (χ3v) is 5.09. The molecule has 0 spiro atoms. The van der Waals surface area contributed by atoms with Crippen molar-refractivity contribution in [2.75, 3.05) is 0 Å². The van der Waals surface area contributed by atoms with Crippen molar-refractivity contribution in [2.24, 2.45) is 0 Å². The Kier molecular flexibility index (Phi) is 6.79. The van der Waals surface area contributed by atoms with Crippen LogP contribution in [-0.4, -0.2) is 20.7 Å². The molecule has 0 aliphatic rings. The highest BCUT2D eigenvalue weighted by atomic mass is 35.5. The number of nitrogens with zero attached hydrogens (tertiary/aromatic N) is 2. The molecule has 1 heterocycles. The summed E-state index contributed by atoms with van der Waals surface area (Å²) in [6.45, 7) is 2.21. The van der Waals surface area contributed by atoms with Crippen molar-refractivity contribution in [3.8, 4) is 17.0 Å². The van der Waals surface area contributed by atoms with Crippen LogP contribution in [0, 0.1) is 0 Å². The Bertz CT molecular complexity index is 966. The van der Waals surface area contributed by atoms with Gasteiger partial charge in [0.05, 0.1) is 4.88 Å². The summed E-state index contributed by atoms with van der Waals surface area (Å²) in [6.07, 6.45) is 2.75. The van der Waals surface area contributed by atoms with E-state index in [0.29, 0.717) is 18.1 Å². The fraction of sp³-hybridized carbons (Fsp3) is 0.190. The molecule has 0 amide bonds. The molecule has 1 N–H and O–H groups in total. The number of aromatic nitrogens is 2.